The Balaban J connectivity index is 2.10. The molecule has 0 radical (unpaired) electrons. The molecule has 0 aliphatic heterocycles. The van der Waals surface area contributed by atoms with E-state index in [1.165, 1.54) is 5.32 Å². The van der Waals surface area contributed by atoms with E-state index in [0.29, 0.717) is 6.07 Å². The van der Waals surface area contributed by atoms with Crippen molar-refractivity contribution in [1.82, 2.24) is 4.98 Å². The lowest BCUT2D eigenvalue weighted by Crippen LogP contribution is -2.50. The van der Waals surface area contributed by atoms with Crippen LogP contribution in [0.25, 0.3) is 0 Å². The van der Waals surface area contributed by atoms with Crippen molar-refractivity contribution in [3.05, 3.63) is 87.2 Å². The maximum absolute atomic E-state index is 15.4. The number of nitrogens with zero attached hydrogens (tertiary/aromatic N) is 2. The Morgan fingerprint density at radius 3 is 2.00 bits per heavy atom. The van der Waals surface area contributed by atoms with Crippen LogP contribution >= 0.6 is 15.9 Å². The minimum Gasteiger partial charge on any atom is -0.320 e. The molecule has 1 N–H and O–H groups in total. The summed E-state index contributed by atoms with van der Waals surface area (Å²) in [7, 11) is 0.877. The van der Waals surface area contributed by atoms with E-state index in [1.807, 2.05) is 0 Å². The Kier molecular flexibility index (Phi) is 9.12. The van der Waals surface area contributed by atoms with Crippen molar-refractivity contribution in [3.8, 4) is 0 Å². The molecule has 0 fully saturated rings. The average Bonchev–Trinajstić information content (AvgIpc) is 2.88. The molecular weight excluding hydrogens is 686 g/mol. The number of alkyl halides is 10. The highest BCUT2D eigenvalue weighted by molar-refractivity contribution is 9.10. The minimum absolute atomic E-state index is 0.266. The number of nitrogens with one attached hydrogen (secondary N) is 1. The highest BCUT2D eigenvalue weighted by Crippen LogP contribution is 2.55. The molecule has 0 spiro atoms. The Morgan fingerprint density at radius 2 is 1.51 bits per heavy atom. The number of aromatic nitrogens is 1. The monoisotopic (exact) mass is 697 g/mol. The fourth-order valence-corrected chi connectivity index (χ4v) is 4.15. The third-order valence-electron chi connectivity index (χ3n) is 5.60. The van der Waals surface area contributed by atoms with Crippen molar-refractivity contribution in [3.63, 3.8) is 0 Å². The van der Waals surface area contributed by atoms with Crippen LogP contribution in [0.5, 0.6) is 0 Å². The van der Waals surface area contributed by atoms with E-state index in [9.17, 15) is 57.9 Å². The second-order valence-electron chi connectivity index (χ2n) is 8.28. The summed E-state index contributed by atoms with van der Waals surface area (Å²) in [6.07, 6.45) is -18.5. The van der Waals surface area contributed by atoms with Crippen molar-refractivity contribution in [2.75, 3.05) is 17.5 Å². The van der Waals surface area contributed by atoms with E-state index < -0.39 is 86.4 Å². The number of rotatable bonds is 6. The van der Waals surface area contributed by atoms with Gasteiger partial charge in [0.15, 0.2) is 5.82 Å². The highest BCUT2D eigenvalue weighted by atomic mass is 79.9. The zero-order chi connectivity index (χ0) is 32.7. The molecule has 3 aromatic rings. The summed E-state index contributed by atoms with van der Waals surface area (Å²) in [5.41, 5.74) is -14.8. The van der Waals surface area contributed by atoms with Gasteiger partial charge in [0.25, 0.3) is 11.8 Å². The zero-order valence-corrected chi connectivity index (χ0v) is 22.2. The number of hydrogen-bond donors (Lipinski definition) is 1. The van der Waals surface area contributed by atoms with E-state index in [2.05, 4.69) is 20.9 Å². The van der Waals surface area contributed by atoms with Crippen LogP contribution in [-0.2, 0) is 16.7 Å². The van der Waals surface area contributed by atoms with Gasteiger partial charge in [-0.15, -0.1) is 0 Å². The first-order valence-corrected chi connectivity index (χ1v) is 11.8. The SMILES string of the molecule is CON(C(=O)c1ccc(F)nc1)c1cccc(C(=O)Nc2c(Br)cc(C(F)(C(F)(F)F)C(F)(F)F)cc2C(F)(F)F)c1F. The number of hydroxylamine groups is 1. The van der Waals surface area contributed by atoms with Gasteiger partial charge in [0.05, 0.1) is 29.5 Å². The summed E-state index contributed by atoms with van der Waals surface area (Å²) >= 11 is 2.32. The van der Waals surface area contributed by atoms with E-state index in [4.69, 9.17) is 4.84 Å². The van der Waals surface area contributed by atoms with Gasteiger partial charge in [-0.05, 0) is 52.3 Å². The first kappa shape index (κ1) is 33.6. The number of pyridine rings is 1. The molecule has 0 unspecified atom stereocenters. The van der Waals surface area contributed by atoms with Gasteiger partial charge in [-0.25, -0.2) is 13.8 Å². The van der Waals surface area contributed by atoms with Gasteiger partial charge < -0.3 is 5.32 Å². The van der Waals surface area contributed by atoms with Gasteiger partial charge in [-0.2, -0.15) is 49.0 Å². The molecule has 0 aliphatic carbocycles. The van der Waals surface area contributed by atoms with Gasteiger partial charge in [0.2, 0.25) is 5.95 Å². The highest BCUT2D eigenvalue weighted by Gasteiger charge is 2.73. The standard InChI is InChI=1S/C24H12BrF12N3O3/c1-43-40(20(42)10-5-6-16(26)38-9-10)15-4-2-3-12(17(15)27)19(41)39-18-13(22(29,30)31)7-11(8-14(18)25)21(28,23(32,33)34)24(35,36)37/h2-9H,1H3,(H,39,41). The van der Waals surface area contributed by atoms with Gasteiger partial charge in [0, 0.05) is 16.2 Å². The maximum Gasteiger partial charge on any atom is 0.435 e. The maximum atomic E-state index is 15.4. The van der Waals surface area contributed by atoms with E-state index in [0.717, 1.165) is 37.6 Å². The number of halogens is 13. The molecule has 1 aromatic heterocycles. The summed E-state index contributed by atoms with van der Waals surface area (Å²) < 4.78 is 162. The van der Waals surface area contributed by atoms with E-state index in [1.54, 1.807) is 0 Å². The van der Waals surface area contributed by atoms with Crippen LogP contribution in [0.2, 0.25) is 0 Å². The first-order valence-electron chi connectivity index (χ1n) is 11.0. The molecule has 232 valence electrons. The predicted molar refractivity (Wildman–Crippen MR) is 126 cm³/mol. The number of carbonyl (C=O) groups is 2. The van der Waals surface area contributed by atoms with Crippen molar-refractivity contribution in [2.45, 2.75) is 24.2 Å². The number of amides is 2. The van der Waals surface area contributed by atoms with E-state index >= 15 is 4.39 Å². The largest absolute Gasteiger partial charge is 0.435 e. The second kappa shape index (κ2) is 11.7. The normalized spacial score (nSPS) is 12.7. The topological polar surface area (TPSA) is 71.5 Å². The van der Waals surface area contributed by atoms with Gasteiger partial charge in [-0.3, -0.25) is 14.4 Å². The number of benzene rings is 2. The predicted octanol–water partition coefficient (Wildman–Crippen LogP) is 7.89. The summed E-state index contributed by atoms with van der Waals surface area (Å²) in [4.78, 5) is 33.6. The van der Waals surface area contributed by atoms with Crippen molar-refractivity contribution in [2.24, 2.45) is 0 Å². The molecule has 6 nitrogen and oxygen atoms in total. The molecule has 19 heteroatoms. The molecule has 0 atom stereocenters. The fraction of sp³-hybridized carbons (Fsp3) is 0.208. The van der Waals surface area contributed by atoms with Gasteiger partial charge in [0.1, 0.15) is 5.69 Å². The molecule has 0 saturated carbocycles. The van der Waals surface area contributed by atoms with Crippen molar-refractivity contribution in [1.29, 1.82) is 0 Å². The van der Waals surface area contributed by atoms with Crippen molar-refractivity contribution >= 4 is 39.1 Å². The molecule has 2 aromatic carbocycles. The Morgan fingerprint density at radius 1 is 0.907 bits per heavy atom. The lowest BCUT2D eigenvalue weighted by atomic mass is 9.92. The molecule has 3 rings (SSSR count). The quantitative estimate of drug-likeness (QED) is 0.162. The van der Waals surface area contributed by atoms with Crippen molar-refractivity contribution < 1.29 is 67.1 Å². The van der Waals surface area contributed by atoms with Crippen LogP contribution in [0.1, 0.15) is 31.8 Å². The summed E-state index contributed by atoms with van der Waals surface area (Å²) in [5.74, 6) is -5.45. The summed E-state index contributed by atoms with van der Waals surface area (Å²) in [5, 5.41) is 1.79. The van der Waals surface area contributed by atoms with Crippen LogP contribution in [-0.4, -0.2) is 36.3 Å². The van der Waals surface area contributed by atoms with Crippen LogP contribution in [0.4, 0.5) is 64.1 Å². The second-order valence-corrected chi connectivity index (χ2v) is 9.13. The minimum atomic E-state index is -6.75. The Hall–Kier alpha value is -3.87. The zero-order valence-electron chi connectivity index (χ0n) is 20.7. The van der Waals surface area contributed by atoms with Gasteiger partial charge >= 0.3 is 24.2 Å². The smallest absolute Gasteiger partial charge is 0.320 e. The summed E-state index contributed by atoms with van der Waals surface area (Å²) in [6, 6.07) is 3.15. The molecule has 1 heterocycles. The lowest BCUT2D eigenvalue weighted by Gasteiger charge is -2.31. The molecular formula is C24H12BrF12N3O3. The Labute approximate surface area is 240 Å². The molecule has 43 heavy (non-hydrogen) atoms. The third kappa shape index (κ3) is 6.41. The lowest BCUT2D eigenvalue weighted by molar-refractivity contribution is -0.348. The first-order chi connectivity index (χ1) is 19.6. The van der Waals surface area contributed by atoms with E-state index in [-0.39, 0.29) is 16.7 Å². The molecule has 2 amide bonds. The Bertz CT molecular complexity index is 1530. The fourth-order valence-electron chi connectivity index (χ4n) is 3.59. The van der Waals surface area contributed by atoms with Crippen LogP contribution in [0, 0.1) is 11.8 Å². The molecule has 0 bridgehead atoms. The van der Waals surface area contributed by atoms with Crippen LogP contribution in [0.3, 0.4) is 0 Å². The average molecular weight is 698 g/mol. The summed E-state index contributed by atoms with van der Waals surface area (Å²) in [6.45, 7) is 0. The number of carbonyl (C=O) groups excluding carboxylic acids is 2. The molecule has 0 aliphatic rings. The van der Waals surface area contributed by atoms with Gasteiger partial charge in [-0.1, -0.05) is 6.07 Å². The molecule has 0 saturated heterocycles. The third-order valence-corrected chi connectivity index (χ3v) is 6.22. The van der Waals surface area contributed by atoms with Crippen LogP contribution in [0.15, 0.2) is 53.1 Å². The number of anilines is 2. The number of hydrogen-bond acceptors (Lipinski definition) is 4. The van der Waals surface area contributed by atoms with Crippen LogP contribution < -0.4 is 10.4 Å².